The lowest BCUT2D eigenvalue weighted by Crippen LogP contribution is -2.30. The van der Waals surface area contributed by atoms with Gasteiger partial charge in [-0.15, -0.1) is 35.3 Å². The van der Waals surface area contributed by atoms with Crippen molar-refractivity contribution in [2.24, 2.45) is 10.7 Å². The first kappa shape index (κ1) is 22.1. The molecule has 148 valence electrons. The third-order valence-corrected chi connectivity index (χ3v) is 7.75. The van der Waals surface area contributed by atoms with Gasteiger partial charge in [0, 0.05) is 19.3 Å². The minimum Gasteiger partial charge on any atom is -0.370 e. The summed E-state index contributed by atoms with van der Waals surface area (Å²) in [6.07, 6.45) is 4.57. The van der Waals surface area contributed by atoms with Crippen LogP contribution < -0.4 is 11.1 Å². The Balaban J connectivity index is 0.00000261. The second kappa shape index (κ2) is 9.85. The van der Waals surface area contributed by atoms with Crippen molar-refractivity contribution in [3.8, 4) is 0 Å². The Kier molecular flexibility index (Phi) is 8.07. The van der Waals surface area contributed by atoms with E-state index in [1.54, 1.807) is 24.6 Å². The van der Waals surface area contributed by atoms with Crippen molar-refractivity contribution in [1.29, 1.82) is 0 Å². The molecule has 0 radical (unpaired) electrons. The molecule has 1 aromatic heterocycles. The number of likely N-dealkylation sites (N-methyl/N-ethyl adjacent to an activating group) is 1. The number of aliphatic imine (C=N–C) groups is 1. The molecule has 0 unspecified atom stereocenters. The number of thiophene rings is 1. The van der Waals surface area contributed by atoms with Gasteiger partial charge in [-0.05, 0) is 54.3 Å². The van der Waals surface area contributed by atoms with Gasteiger partial charge in [-0.2, -0.15) is 4.31 Å². The molecular weight excluding hydrogens is 495 g/mol. The van der Waals surface area contributed by atoms with Crippen molar-refractivity contribution >= 4 is 57.0 Å². The first-order valence-corrected chi connectivity index (χ1v) is 11.0. The van der Waals surface area contributed by atoms with Crippen molar-refractivity contribution in [2.45, 2.75) is 29.9 Å². The molecule has 0 saturated carbocycles. The van der Waals surface area contributed by atoms with Crippen LogP contribution in [0, 0.1) is 0 Å². The van der Waals surface area contributed by atoms with Crippen LogP contribution in [0.3, 0.4) is 0 Å². The van der Waals surface area contributed by atoms with E-state index in [-0.39, 0.29) is 30.5 Å². The highest BCUT2D eigenvalue weighted by atomic mass is 127. The zero-order chi connectivity index (χ0) is 18.6. The monoisotopic (exact) mass is 520 g/mol. The molecule has 1 aromatic carbocycles. The molecule has 6 nitrogen and oxygen atoms in total. The third-order valence-electron chi connectivity index (χ3n) is 4.52. The summed E-state index contributed by atoms with van der Waals surface area (Å²) in [5, 5.41) is 4.92. The number of anilines is 1. The number of guanidine groups is 1. The number of fused-ring (bicyclic) bond motifs is 1. The Labute approximate surface area is 181 Å². The van der Waals surface area contributed by atoms with E-state index in [0.29, 0.717) is 16.7 Å². The Morgan fingerprint density at radius 3 is 2.78 bits per heavy atom. The highest BCUT2D eigenvalue weighted by Crippen LogP contribution is 2.27. The molecule has 0 aliphatic heterocycles. The first-order valence-electron chi connectivity index (χ1n) is 8.66. The minimum absolute atomic E-state index is 0. The summed E-state index contributed by atoms with van der Waals surface area (Å²) in [6.45, 7) is 0.574. The lowest BCUT2D eigenvalue weighted by molar-refractivity contribution is 0.479. The van der Waals surface area contributed by atoms with Crippen LogP contribution in [-0.4, -0.2) is 38.8 Å². The van der Waals surface area contributed by atoms with Gasteiger partial charge in [0.1, 0.15) is 4.21 Å². The zero-order valence-corrected chi connectivity index (χ0v) is 19.2. The van der Waals surface area contributed by atoms with Crippen LogP contribution in [0.4, 0.5) is 5.69 Å². The fraction of sp³-hybridized carbons (Fsp3) is 0.389. The predicted octanol–water partition coefficient (Wildman–Crippen LogP) is 3.29. The summed E-state index contributed by atoms with van der Waals surface area (Å²) in [5.74, 6) is 0.311. The van der Waals surface area contributed by atoms with Crippen LogP contribution in [-0.2, 0) is 22.9 Å². The number of sulfonamides is 1. The minimum atomic E-state index is -3.44. The topological polar surface area (TPSA) is 87.8 Å². The molecule has 0 atom stereocenters. The van der Waals surface area contributed by atoms with Crippen LogP contribution in [0.1, 0.15) is 24.0 Å². The average Bonchev–Trinajstić information content (AvgIpc) is 3.17. The molecule has 0 bridgehead atoms. The number of aryl methyl sites for hydroxylation is 1. The lowest BCUT2D eigenvalue weighted by atomic mass is 9.90. The van der Waals surface area contributed by atoms with Crippen molar-refractivity contribution in [3.05, 3.63) is 46.8 Å². The van der Waals surface area contributed by atoms with Crippen molar-refractivity contribution < 1.29 is 8.42 Å². The Morgan fingerprint density at radius 1 is 1.26 bits per heavy atom. The van der Waals surface area contributed by atoms with Crippen LogP contribution in [0.2, 0.25) is 0 Å². The van der Waals surface area contributed by atoms with E-state index in [9.17, 15) is 8.42 Å². The van der Waals surface area contributed by atoms with Crippen LogP contribution >= 0.6 is 35.3 Å². The number of hydrogen-bond donors (Lipinski definition) is 2. The van der Waals surface area contributed by atoms with E-state index >= 15 is 0 Å². The SMILES string of the molecule is CN(CCN=C(N)Nc1cccc2c1CCCC2)S(=O)(=O)c1cccs1.I. The Bertz CT molecular complexity index is 883. The molecular formula is C18H25IN4O2S2. The number of nitrogens with zero attached hydrogens (tertiary/aromatic N) is 2. The maximum atomic E-state index is 12.4. The van der Waals surface area contributed by atoms with Crippen LogP contribution in [0.25, 0.3) is 0 Å². The maximum Gasteiger partial charge on any atom is 0.252 e. The van der Waals surface area contributed by atoms with Gasteiger partial charge in [-0.3, -0.25) is 4.99 Å². The largest absolute Gasteiger partial charge is 0.370 e. The van der Waals surface area contributed by atoms with Crippen LogP contribution in [0.15, 0.2) is 44.9 Å². The van der Waals surface area contributed by atoms with Gasteiger partial charge in [-0.25, -0.2) is 8.42 Å². The molecule has 0 saturated heterocycles. The van der Waals surface area contributed by atoms with Gasteiger partial charge in [-0.1, -0.05) is 18.2 Å². The second-order valence-electron chi connectivity index (χ2n) is 6.30. The first-order chi connectivity index (χ1) is 12.5. The number of rotatable bonds is 6. The Morgan fingerprint density at radius 2 is 2.04 bits per heavy atom. The quantitative estimate of drug-likeness (QED) is 0.348. The highest BCUT2D eigenvalue weighted by Gasteiger charge is 2.21. The highest BCUT2D eigenvalue weighted by molar-refractivity contribution is 14.0. The lowest BCUT2D eigenvalue weighted by Gasteiger charge is -2.20. The zero-order valence-electron chi connectivity index (χ0n) is 15.2. The summed E-state index contributed by atoms with van der Waals surface area (Å²) in [6, 6.07) is 9.54. The van der Waals surface area contributed by atoms with E-state index in [1.807, 2.05) is 12.1 Å². The summed E-state index contributed by atoms with van der Waals surface area (Å²) in [4.78, 5) is 4.28. The molecule has 0 spiro atoms. The molecule has 27 heavy (non-hydrogen) atoms. The van der Waals surface area contributed by atoms with Gasteiger partial charge in [0.25, 0.3) is 10.0 Å². The molecule has 0 fully saturated rings. The van der Waals surface area contributed by atoms with Crippen LogP contribution in [0.5, 0.6) is 0 Å². The molecule has 3 rings (SSSR count). The molecule has 1 aliphatic rings. The summed E-state index contributed by atoms with van der Waals surface area (Å²) in [7, 11) is -1.89. The molecule has 2 aromatic rings. The van der Waals surface area contributed by atoms with Gasteiger partial charge in [0.15, 0.2) is 5.96 Å². The molecule has 9 heteroatoms. The van der Waals surface area contributed by atoms with E-state index in [1.165, 1.54) is 39.6 Å². The molecule has 3 N–H and O–H groups in total. The normalized spacial score (nSPS) is 14.5. The predicted molar refractivity (Wildman–Crippen MR) is 123 cm³/mol. The van der Waals surface area contributed by atoms with E-state index in [2.05, 4.69) is 16.4 Å². The number of benzene rings is 1. The van der Waals surface area contributed by atoms with Gasteiger partial charge < -0.3 is 11.1 Å². The second-order valence-corrected chi connectivity index (χ2v) is 9.52. The summed E-state index contributed by atoms with van der Waals surface area (Å²) in [5.41, 5.74) is 9.69. The Hall–Kier alpha value is -1.17. The fourth-order valence-corrected chi connectivity index (χ4v) is 5.43. The van der Waals surface area contributed by atoms with Crippen molar-refractivity contribution in [1.82, 2.24) is 4.31 Å². The van der Waals surface area contributed by atoms with Crippen molar-refractivity contribution in [2.75, 3.05) is 25.5 Å². The van der Waals surface area contributed by atoms with E-state index < -0.39 is 10.0 Å². The van der Waals surface area contributed by atoms with Gasteiger partial charge >= 0.3 is 0 Å². The number of halogens is 1. The molecule has 1 aliphatic carbocycles. The van der Waals surface area contributed by atoms with Gasteiger partial charge in [0.2, 0.25) is 0 Å². The maximum absolute atomic E-state index is 12.4. The third kappa shape index (κ3) is 5.43. The number of nitrogens with two attached hydrogens (primary N) is 1. The number of hydrogen-bond acceptors (Lipinski definition) is 4. The molecule has 1 heterocycles. The van der Waals surface area contributed by atoms with E-state index in [4.69, 9.17) is 5.73 Å². The van der Waals surface area contributed by atoms with Crippen molar-refractivity contribution in [3.63, 3.8) is 0 Å². The smallest absolute Gasteiger partial charge is 0.252 e. The number of nitrogens with one attached hydrogen (secondary N) is 1. The van der Waals surface area contributed by atoms with E-state index in [0.717, 1.165) is 18.5 Å². The standard InChI is InChI=1S/C18H24N4O2S2.HI/c1-22(26(23,24)17-10-5-13-25-17)12-11-20-18(19)21-16-9-4-7-14-6-2-3-8-15(14)16;/h4-5,7,9-10,13H,2-3,6,8,11-12H2,1H3,(H3,19,20,21);1H. The van der Waals surface area contributed by atoms with Gasteiger partial charge in [0.05, 0.1) is 6.54 Å². The summed E-state index contributed by atoms with van der Waals surface area (Å²) < 4.78 is 26.4. The summed E-state index contributed by atoms with van der Waals surface area (Å²) >= 11 is 1.21. The molecule has 0 amide bonds. The average molecular weight is 520 g/mol. The fourth-order valence-electron chi connectivity index (χ4n) is 3.07.